The fraction of sp³-hybridized carbons (Fsp3) is 0.448. The van der Waals surface area contributed by atoms with Crippen LogP contribution in [0.2, 0.25) is 0 Å². The molecule has 0 radical (unpaired) electrons. The zero-order valence-corrected chi connectivity index (χ0v) is 22.9. The molecule has 0 unspecified atom stereocenters. The largest absolute Gasteiger partial charge is 0.342 e. The van der Waals surface area contributed by atoms with Gasteiger partial charge in [-0.05, 0) is 43.9 Å². The molecule has 4 atom stereocenters. The lowest BCUT2D eigenvalue weighted by atomic mass is 9.76. The second-order valence-electron chi connectivity index (χ2n) is 10.1. The van der Waals surface area contributed by atoms with E-state index in [2.05, 4.69) is 5.32 Å². The number of carbonyl (C=O) groups is 4. The van der Waals surface area contributed by atoms with Gasteiger partial charge in [0.15, 0.2) is 0 Å². The van der Waals surface area contributed by atoms with Crippen molar-refractivity contribution in [2.24, 2.45) is 11.8 Å². The minimum atomic E-state index is -1.38. The van der Waals surface area contributed by atoms with E-state index in [1.54, 1.807) is 16.7 Å². The van der Waals surface area contributed by atoms with Crippen LogP contribution in [0.15, 0.2) is 54.6 Å². The van der Waals surface area contributed by atoms with Gasteiger partial charge in [-0.1, -0.05) is 48.5 Å². The Morgan fingerprint density at radius 1 is 0.974 bits per heavy atom. The highest BCUT2D eigenvalue weighted by Crippen LogP contribution is 2.55. The van der Waals surface area contributed by atoms with Crippen LogP contribution in [0.4, 0.5) is 5.69 Å². The number of likely N-dealkylation sites (N-methyl/N-ethyl adjacent to an activating group) is 1. The summed E-state index contributed by atoms with van der Waals surface area (Å²) in [5, 5.41) is 3.52. The van der Waals surface area contributed by atoms with Gasteiger partial charge in [-0.2, -0.15) is 11.8 Å². The second kappa shape index (κ2) is 10.5. The quantitative estimate of drug-likeness (QED) is 0.498. The Labute approximate surface area is 227 Å². The molecule has 0 aliphatic carbocycles. The topological polar surface area (TPSA) is 90.0 Å². The summed E-state index contributed by atoms with van der Waals surface area (Å²) in [4.78, 5) is 60.0. The van der Waals surface area contributed by atoms with E-state index in [0.717, 1.165) is 11.3 Å². The van der Waals surface area contributed by atoms with Gasteiger partial charge in [-0.3, -0.25) is 29.4 Å². The minimum Gasteiger partial charge on any atom is -0.342 e. The molecule has 38 heavy (non-hydrogen) atoms. The van der Waals surface area contributed by atoms with Crippen molar-refractivity contribution in [2.75, 3.05) is 36.5 Å². The molecule has 3 heterocycles. The molecule has 0 aromatic heterocycles. The van der Waals surface area contributed by atoms with Crippen molar-refractivity contribution in [3.05, 3.63) is 65.7 Å². The van der Waals surface area contributed by atoms with Gasteiger partial charge in [0.2, 0.25) is 17.7 Å². The zero-order chi connectivity index (χ0) is 27.0. The first-order valence-electron chi connectivity index (χ1n) is 13.2. The maximum absolute atomic E-state index is 14.4. The Bertz CT molecular complexity index is 1250. The number of nitrogens with one attached hydrogen (secondary N) is 1. The monoisotopic (exact) mass is 534 g/mol. The SMILES string of the molecule is CCN(CC)C(=O)CN1C(=O)[C@]2(N[C@H](CCSC)[C@@H]3C(=O)N(Cc4ccccc4)C(=O)[C@H]32)c2ccccc21. The summed E-state index contributed by atoms with van der Waals surface area (Å²) in [6.45, 7) is 4.98. The van der Waals surface area contributed by atoms with Crippen LogP contribution < -0.4 is 10.2 Å². The van der Waals surface area contributed by atoms with Crippen molar-refractivity contribution in [2.45, 2.75) is 38.4 Å². The summed E-state index contributed by atoms with van der Waals surface area (Å²) in [6.07, 6.45) is 2.65. The maximum Gasteiger partial charge on any atom is 0.253 e. The number of rotatable bonds is 9. The number of imide groups is 1. The normalized spacial score (nSPS) is 25.9. The Morgan fingerprint density at radius 2 is 1.66 bits per heavy atom. The molecule has 2 saturated heterocycles. The standard InChI is InChI=1S/C29H34N4O4S/c1-4-31(5-2)23(34)18-32-22-14-10-9-13-20(22)29(28(32)37)25-24(21(30-29)15-16-38-3)26(35)33(27(25)36)17-19-11-7-6-8-12-19/h6-14,21,24-25,30H,4-5,15-18H2,1-3H3/t21-,24+,25+,29+/m1/s1. The number of nitrogens with zero attached hydrogens (tertiary/aromatic N) is 3. The lowest BCUT2D eigenvalue weighted by Gasteiger charge is -2.31. The summed E-state index contributed by atoms with van der Waals surface area (Å²) >= 11 is 1.67. The van der Waals surface area contributed by atoms with E-state index in [1.807, 2.05) is 74.7 Å². The zero-order valence-electron chi connectivity index (χ0n) is 22.1. The third kappa shape index (κ3) is 4.03. The smallest absolute Gasteiger partial charge is 0.253 e. The van der Waals surface area contributed by atoms with Crippen LogP contribution >= 0.6 is 11.8 Å². The fourth-order valence-corrected chi connectivity index (χ4v) is 6.88. The van der Waals surface area contributed by atoms with Crippen LogP contribution in [0.5, 0.6) is 0 Å². The van der Waals surface area contributed by atoms with Gasteiger partial charge in [-0.15, -0.1) is 0 Å². The predicted octanol–water partition coefficient (Wildman–Crippen LogP) is 2.62. The Kier molecular flexibility index (Phi) is 7.33. The average Bonchev–Trinajstić information content (AvgIpc) is 3.49. The van der Waals surface area contributed by atoms with Crippen LogP contribution in [0, 0.1) is 11.8 Å². The number of hydrogen-bond acceptors (Lipinski definition) is 6. The van der Waals surface area contributed by atoms with Gasteiger partial charge in [0.05, 0.1) is 18.4 Å². The maximum atomic E-state index is 14.4. The van der Waals surface area contributed by atoms with Gasteiger partial charge >= 0.3 is 0 Å². The molecule has 2 fully saturated rings. The van der Waals surface area contributed by atoms with Crippen LogP contribution in [-0.2, 0) is 31.3 Å². The van der Waals surface area contributed by atoms with Crippen molar-refractivity contribution < 1.29 is 19.2 Å². The lowest BCUT2D eigenvalue weighted by molar-refractivity contribution is -0.143. The van der Waals surface area contributed by atoms with E-state index in [4.69, 9.17) is 0 Å². The molecule has 9 heteroatoms. The molecule has 3 aliphatic rings. The second-order valence-corrected chi connectivity index (χ2v) is 11.1. The highest BCUT2D eigenvalue weighted by molar-refractivity contribution is 7.98. The molecule has 0 saturated carbocycles. The van der Waals surface area contributed by atoms with E-state index in [9.17, 15) is 19.2 Å². The molecule has 3 aliphatic heterocycles. The van der Waals surface area contributed by atoms with Gasteiger partial charge < -0.3 is 9.80 Å². The summed E-state index contributed by atoms with van der Waals surface area (Å²) in [5.41, 5.74) is 0.770. The molecule has 1 spiro atoms. The van der Waals surface area contributed by atoms with Gasteiger partial charge in [0, 0.05) is 30.4 Å². The molecule has 0 bridgehead atoms. The van der Waals surface area contributed by atoms with E-state index in [0.29, 0.717) is 30.8 Å². The van der Waals surface area contributed by atoms with Crippen molar-refractivity contribution in [1.29, 1.82) is 0 Å². The molecular formula is C29H34N4O4S. The van der Waals surface area contributed by atoms with Gasteiger partial charge in [0.25, 0.3) is 5.91 Å². The van der Waals surface area contributed by atoms with Gasteiger partial charge in [-0.25, -0.2) is 0 Å². The van der Waals surface area contributed by atoms with Gasteiger partial charge in [0.1, 0.15) is 12.1 Å². The van der Waals surface area contributed by atoms with E-state index < -0.39 is 17.4 Å². The van der Waals surface area contributed by atoms with Crippen LogP contribution in [-0.4, -0.2) is 71.1 Å². The van der Waals surface area contributed by atoms with Crippen molar-refractivity contribution in [3.8, 4) is 0 Å². The average molecular weight is 535 g/mol. The van der Waals surface area contributed by atoms with Crippen LogP contribution in [0.3, 0.4) is 0 Å². The summed E-state index contributed by atoms with van der Waals surface area (Å²) in [5.74, 6) is -1.77. The number of para-hydroxylation sites is 1. The number of thioether (sulfide) groups is 1. The van der Waals surface area contributed by atoms with Crippen molar-refractivity contribution >= 4 is 41.1 Å². The molecule has 2 aromatic rings. The van der Waals surface area contributed by atoms with Crippen LogP contribution in [0.1, 0.15) is 31.4 Å². The first kappa shape index (κ1) is 26.4. The van der Waals surface area contributed by atoms with Crippen molar-refractivity contribution in [3.63, 3.8) is 0 Å². The predicted molar refractivity (Wildman–Crippen MR) is 147 cm³/mol. The van der Waals surface area contributed by atoms with E-state index >= 15 is 0 Å². The molecule has 8 nitrogen and oxygen atoms in total. The Morgan fingerprint density at radius 3 is 2.34 bits per heavy atom. The molecule has 4 amide bonds. The molecular weight excluding hydrogens is 500 g/mol. The highest BCUT2D eigenvalue weighted by atomic mass is 32.2. The number of hydrogen-bond donors (Lipinski definition) is 1. The summed E-state index contributed by atoms with van der Waals surface area (Å²) in [6, 6.07) is 16.5. The highest BCUT2D eigenvalue weighted by Gasteiger charge is 2.71. The molecule has 200 valence electrons. The summed E-state index contributed by atoms with van der Waals surface area (Å²) in [7, 11) is 0. The molecule has 2 aromatic carbocycles. The lowest BCUT2D eigenvalue weighted by Crippen LogP contribution is -2.56. The first-order chi connectivity index (χ1) is 18.4. The number of likely N-dealkylation sites (tertiary alicyclic amines) is 1. The Balaban J connectivity index is 1.57. The third-order valence-electron chi connectivity index (χ3n) is 8.18. The third-order valence-corrected chi connectivity index (χ3v) is 8.83. The number of carbonyl (C=O) groups excluding carboxylic acids is 4. The number of fused-ring (bicyclic) bond motifs is 4. The van der Waals surface area contributed by atoms with E-state index in [-0.39, 0.29) is 42.8 Å². The molecule has 1 N–H and O–H groups in total. The van der Waals surface area contributed by atoms with E-state index in [1.165, 1.54) is 9.80 Å². The summed E-state index contributed by atoms with van der Waals surface area (Å²) < 4.78 is 0. The minimum absolute atomic E-state index is 0.107. The molecule has 5 rings (SSSR count). The van der Waals surface area contributed by atoms with Crippen LogP contribution in [0.25, 0.3) is 0 Å². The number of anilines is 1. The number of benzene rings is 2. The first-order valence-corrected chi connectivity index (χ1v) is 14.6. The fourth-order valence-electron chi connectivity index (χ4n) is 6.39. The van der Waals surface area contributed by atoms with Crippen molar-refractivity contribution in [1.82, 2.24) is 15.1 Å². The Hall–Kier alpha value is -3.17. The number of amides is 4.